The molecular formula is C29H28F7N5O3. The second-order valence-electron chi connectivity index (χ2n) is 11.0. The Morgan fingerprint density at radius 3 is 2.16 bits per heavy atom. The van der Waals surface area contributed by atoms with Crippen molar-refractivity contribution in [2.75, 3.05) is 31.1 Å². The Hall–Kier alpha value is -4.27. The Labute approximate surface area is 247 Å². The van der Waals surface area contributed by atoms with Crippen LogP contribution in [-0.4, -0.2) is 70.6 Å². The molecule has 2 aliphatic rings. The number of aromatic nitrogens is 2. The minimum atomic E-state index is -5.08. The molecule has 44 heavy (non-hydrogen) atoms. The first-order chi connectivity index (χ1) is 20.5. The number of carboxylic acids is 1. The number of carbonyl (C=O) groups is 2. The van der Waals surface area contributed by atoms with Gasteiger partial charge in [-0.1, -0.05) is 12.1 Å². The van der Waals surface area contributed by atoms with Crippen LogP contribution in [0.15, 0.2) is 55.0 Å². The van der Waals surface area contributed by atoms with Gasteiger partial charge in [-0.05, 0) is 47.9 Å². The van der Waals surface area contributed by atoms with Crippen LogP contribution in [0, 0.1) is 24.0 Å². The summed E-state index contributed by atoms with van der Waals surface area (Å²) in [6.45, 7) is 7.49. The van der Waals surface area contributed by atoms with Crippen molar-refractivity contribution < 1.29 is 45.4 Å². The molecule has 4 heterocycles. The van der Waals surface area contributed by atoms with Crippen LogP contribution in [0.25, 0.3) is 0 Å². The molecule has 2 aliphatic heterocycles. The lowest BCUT2D eigenvalue weighted by Gasteiger charge is -2.61. The van der Waals surface area contributed by atoms with Gasteiger partial charge in [0.2, 0.25) is 5.91 Å². The fraction of sp³-hybridized carbons (Fsp3) is 0.379. The molecule has 0 saturated carbocycles. The van der Waals surface area contributed by atoms with E-state index in [-0.39, 0.29) is 16.7 Å². The van der Waals surface area contributed by atoms with E-state index in [1.807, 2.05) is 19.3 Å². The average Bonchev–Trinajstić information content (AvgIpc) is 2.89. The van der Waals surface area contributed by atoms with Crippen molar-refractivity contribution >= 4 is 17.6 Å². The van der Waals surface area contributed by atoms with Gasteiger partial charge in [-0.2, -0.15) is 13.2 Å². The van der Waals surface area contributed by atoms with Gasteiger partial charge in [0.15, 0.2) is 17.2 Å². The zero-order valence-electron chi connectivity index (χ0n) is 23.5. The summed E-state index contributed by atoms with van der Waals surface area (Å²) in [7, 11) is 0. The second kappa shape index (κ2) is 12.4. The molecule has 0 aliphatic carbocycles. The van der Waals surface area contributed by atoms with E-state index in [0.29, 0.717) is 12.6 Å². The van der Waals surface area contributed by atoms with Gasteiger partial charge in [0.1, 0.15) is 0 Å². The van der Waals surface area contributed by atoms with Gasteiger partial charge in [-0.15, -0.1) is 0 Å². The normalized spacial score (nSPS) is 17.2. The van der Waals surface area contributed by atoms with Gasteiger partial charge in [0.05, 0.1) is 17.6 Å². The van der Waals surface area contributed by atoms with Crippen molar-refractivity contribution in [1.29, 1.82) is 0 Å². The lowest BCUT2D eigenvalue weighted by Crippen LogP contribution is -2.72. The zero-order valence-corrected chi connectivity index (χ0v) is 23.5. The number of hydrogen-bond acceptors (Lipinski definition) is 6. The fourth-order valence-corrected chi connectivity index (χ4v) is 5.48. The number of nitrogens with one attached hydrogen (secondary N) is 1. The van der Waals surface area contributed by atoms with E-state index in [4.69, 9.17) is 9.90 Å². The average molecular weight is 628 g/mol. The fourth-order valence-electron chi connectivity index (χ4n) is 5.48. The van der Waals surface area contributed by atoms with Crippen LogP contribution in [0.5, 0.6) is 0 Å². The summed E-state index contributed by atoms with van der Waals surface area (Å²) >= 11 is 0. The number of alkyl halides is 5. The largest absolute Gasteiger partial charge is 0.490 e. The number of halogens is 7. The van der Waals surface area contributed by atoms with E-state index in [2.05, 4.69) is 31.2 Å². The third-order valence-electron chi connectivity index (χ3n) is 7.35. The van der Waals surface area contributed by atoms with Crippen LogP contribution in [0.1, 0.15) is 29.3 Å². The molecule has 5 rings (SSSR count). The Balaban J connectivity index is 0.000000566. The maximum Gasteiger partial charge on any atom is 0.490 e. The van der Waals surface area contributed by atoms with E-state index in [1.165, 1.54) is 12.3 Å². The number of aryl methyl sites for hydroxylation is 1. The predicted molar refractivity (Wildman–Crippen MR) is 144 cm³/mol. The molecule has 2 aromatic heterocycles. The van der Waals surface area contributed by atoms with Crippen molar-refractivity contribution in [2.24, 2.45) is 5.41 Å². The topological polar surface area (TPSA) is 98.7 Å². The molecule has 3 aromatic rings. The molecule has 0 bridgehead atoms. The van der Waals surface area contributed by atoms with Gasteiger partial charge < -0.3 is 15.3 Å². The number of likely N-dealkylation sites (tertiary alicyclic amines) is 1. The number of aliphatic carboxylic acids is 1. The molecular weight excluding hydrogens is 599 g/mol. The lowest BCUT2D eigenvalue weighted by molar-refractivity contribution is -0.192. The monoisotopic (exact) mass is 627 g/mol. The predicted octanol–water partition coefficient (Wildman–Crippen LogP) is 4.66. The van der Waals surface area contributed by atoms with Gasteiger partial charge in [0.25, 0.3) is 6.43 Å². The highest BCUT2D eigenvalue weighted by atomic mass is 19.4. The summed E-state index contributed by atoms with van der Waals surface area (Å²) in [5.41, 5.74) is 0.470. The van der Waals surface area contributed by atoms with E-state index in [1.54, 1.807) is 6.07 Å². The third kappa shape index (κ3) is 6.93. The smallest absolute Gasteiger partial charge is 0.475 e. The molecule has 1 atom stereocenters. The molecule has 1 amide bonds. The van der Waals surface area contributed by atoms with Gasteiger partial charge in [0, 0.05) is 57.5 Å². The molecule has 1 aromatic carbocycles. The van der Waals surface area contributed by atoms with Crippen molar-refractivity contribution in [1.82, 2.24) is 20.2 Å². The number of rotatable bonds is 7. The summed E-state index contributed by atoms with van der Waals surface area (Å²) in [5, 5.41) is 9.37. The number of pyridine rings is 2. The molecule has 0 unspecified atom stereocenters. The van der Waals surface area contributed by atoms with Crippen molar-refractivity contribution in [3.05, 3.63) is 89.0 Å². The quantitative estimate of drug-likeness (QED) is 0.368. The first kappa shape index (κ1) is 32.6. The Morgan fingerprint density at radius 1 is 1.00 bits per heavy atom. The zero-order chi connectivity index (χ0) is 32.4. The highest BCUT2D eigenvalue weighted by molar-refractivity contribution is 5.75. The van der Waals surface area contributed by atoms with Crippen LogP contribution >= 0.6 is 0 Å². The molecule has 15 heteroatoms. The lowest BCUT2D eigenvalue weighted by atomic mass is 9.72. The first-order valence-electron chi connectivity index (χ1n) is 13.2. The van der Waals surface area contributed by atoms with Crippen molar-refractivity contribution in [3.8, 4) is 0 Å². The summed E-state index contributed by atoms with van der Waals surface area (Å²) in [6, 6.07) is 7.67. The van der Waals surface area contributed by atoms with Crippen LogP contribution < -0.4 is 10.2 Å². The van der Waals surface area contributed by atoms with Gasteiger partial charge >= 0.3 is 12.1 Å². The number of carbonyl (C=O) groups excluding carboxylic acids is 1. The molecule has 2 fully saturated rings. The van der Waals surface area contributed by atoms with E-state index in [0.717, 1.165) is 62.0 Å². The SMILES string of the molecule is CC(=O)N[C@](c1ccc(F)c(F)c1)(c1ccc(CN2CC3(C2)CN(c2cncc(C)c2)C3)cn1)C(F)F.O=C(O)C(F)(F)F. The number of nitrogens with zero attached hydrogens (tertiary/aromatic N) is 4. The van der Waals surface area contributed by atoms with Gasteiger partial charge in [-0.25, -0.2) is 22.4 Å². The molecule has 8 nitrogen and oxygen atoms in total. The maximum absolute atomic E-state index is 14.5. The van der Waals surface area contributed by atoms with E-state index < -0.39 is 41.7 Å². The molecule has 2 saturated heterocycles. The van der Waals surface area contributed by atoms with Crippen LogP contribution in [0.3, 0.4) is 0 Å². The van der Waals surface area contributed by atoms with Crippen LogP contribution in [0.2, 0.25) is 0 Å². The third-order valence-corrected chi connectivity index (χ3v) is 7.35. The number of carboxylic acid groups (broad SMARTS) is 1. The van der Waals surface area contributed by atoms with Gasteiger partial charge in [-0.3, -0.25) is 19.7 Å². The van der Waals surface area contributed by atoms with E-state index >= 15 is 0 Å². The Kier molecular flexibility index (Phi) is 9.18. The highest BCUT2D eigenvalue weighted by Gasteiger charge is 2.51. The second-order valence-corrected chi connectivity index (χ2v) is 11.0. The van der Waals surface area contributed by atoms with Crippen LogP contribution in [-0.2, 0) is 21.7 Å². The van der Waals surface area contributed by atoms with Crippen molar-refractivity contribution in [3.63, 3.8) is 0 Å². The first-order valence-corrected chi connectivity index (χ1v) is 13.2. The van der Waals surface area contributed by atoms with Crippen molar-refractivity contribution in [2.45, 2.75) is 38.5 Å². The number of benzene rings is 1. The summed E-state index contributed by atoms with van der Waals surface area (Å²) < 4.78 is 88.2. The molecule has 1 spiro atoms. The highest BCUT2D eigenvalue weighted by Crippen LogP contribution is 2.42. The number of amides is 1. The molecule has 2 N–H and O–H groups in total. The Morgan fingerprint density at radius 2 is 1.66 bits per heavy atom. The van der Waals surface area contributed by atoms with E-state index in [9.17, 15) is 35.5 Å². The standard InChI is InChI=1S/C27H27F4N5O.C2HF3O2/c1-17-7-21(11-32-9-17)36-15-26(16-36)13-35(14-26)12-19-3-6-24(33-10-19)27(25(30)31,34-18(2)37)20-4-5-22(28)23(29)8-20;3-2(4,5)1(6)7/h3-11,25H,12-16H2,1-2H3,(H,34,37);(H,6,7)/t27-;/m1./s1. The van der Waals surface area contributed by atoms with Crippen LogP contribution in [0.4, 0.5) is 36.4 Å². The summed E-state index contributed by atoms with van der Waals surface area (Å²) in [5.74, 6) is -5.97. The summed E-state index contributed by atoms with van der Waals surface area (Å²) in [6.07, 6.45) is -3.04. The maximum atomic E-state index is 14.5. The number of anilines is 1. The number of hydrogen-bond donors (Lipinski definition) is 2. The summed E-state index contributed by atoms with van der Waals surface area (Å²) in [4.78, 5) is 33.9. The minimum absolute atomic E-state index is 0.158. The molecule has 0 radical (unpaired) electrons. The minimum Gasteiger partial charge on any atom is -0.475 e. The Bertz CT molecular complexity index is 1510. The molecule has 236 valence electrons.